The van der Waals surface area contributed by atoms with Gasteiger partial charge in [-0.25, -0.2) is 9.78 Å². The Balaban J connectivity index is 1.80. The van der Waals surface area contributed by atoms with Crippen molar-refractivity contribution >= 4 is 33.2 Å². The van der Waals surface area contributed by atoms with E-state index in [1.165, 1.54) is 28.9 Å². The summed E-state index contributed by atoms with van der Waals surface area (Å²) < 4.78 is 5.45. The van der Waals surface area contributed by atoms with Crippen LogP contribution in [0.3, 0.4) is 0 Å². The molecule has 0 bridgehead atoms. The summed E-state index contributed by atoms with van der Waals surface area (Å²) in [4.78, 5) is 18.5. The fourth-order valence-corrected chi connectivity index (χ4v) is 4.44. The monoisotopic (exact) mass is 338 g/mol. The van der Waals surface area contributed by atoms with Crippen molar-refractivity contribution < 1.29 is 9.53 Å². The first-order chi connectivity index (χ1) is 11.6. The number of thiophene rings is 1. The van der Waals surface area contributed by atoms with Gasteiger partial charge in [-0.1, -0.05) is 18.2 Å². The van der Waals surface area contributed by atoms with Gasteiger partial charge in [0.15, 0.2) is 0 Å². The average Bonchev–Trinajstić information content (AvgIpc) is 2.93. The molecule has 0 spiro atoms. The maximum absolute atomic E-state index is 12.5. The van der Waals surface area contributed by atoms with E-state index in [2.05, 4.69) is 0 Å². The topological polar surface area (TPSA) is 65.2 Å². The molecule has 4 rings (SSSR count). The van der Waals surface area contributed by atoms with Gasteiger partial charge < -0.3 is 10.5 Å². The zero-order valence-corrected chi connectivity index (χ0v) is 14.3. The Labute approximate surface area is 144 Å². The second-order valence-electron chi connectivity index (χ2n) is 6.09. The Kier molecular flexibility index (Phi) is 3.73. The number of aromatic nitrogens is 1. The lowest BCUT2D eigenvalue weighted by molar-refractivity contribution is 0.0741. The Morgan fingerprint density at radius 2 is 1.88 bits per heavy atom. The fraction of sp³-hybridized carbons (Fsp3) is 0.263. The number of ether oxygens (including phenoxy) is 1. The standard InChI is InChI=1S/C19H18N2O2S/c1-11-13-9-5-6-10-14(13)15-16(20)17(24-18(15)21-11)19(22)23-12-7-3-2-4-8-12/h2-4,7-8H,5-6,9-10,20H2,1H3. The van der Waals surface area contributed by atoms with E-state index in [0.717, 1.165) is 35.2 Å². The van der Waals surface area contributed by atoms with Crippen molar-refractivity contribution in [1.82, 2.24) is 4.98 Å². The molecule has 4 nitrogen and oxygen atoms in total. The molecule has 1 aliphatic carbocycles. The normalized spacial score (nSPS) is 13.7. The molecule has 0 fully saturated rings. The van der Waals surface area contributed by atoms with Gasteiger partial charge in [0.05, 0.1) is 5.69 Å². The van der Waals surface area contributed by atoms with Crippen molar-refractivity contribution in [2.75, 3.05) is 5.73 Å². The van der Waals surface area contributed by atoms with Crippen molar-refractivity contribution in [2.45, 2.75) is 32.6 Å². The number of rotatable bonds is 2. The highest BCUT2D eigenvalue weighted by Crippen LogP contribution is 2.39. The van der Waals surface area contributed by atoms with Gasteiger partial charge in [-0.15, -0.1) is 11.3 Å². The predicted octanol–water partition coefficient (Wildman–Crippen LogP) is 4.28. The Morgan fingerprint density at radius 3 is 2.62 bits per heavy atom. The van der Waals surface area contributed by atoms with E-state index in [1.54, 1.807) is 12.1 Å². The molecular weight excluding hydrogens is 320 g/mol. The van der Waals surface area contributed by atoms with Crippen LogP contribution in [0.1, 0.15) is 39.3 Å². The summed E-state index contributed by atoms with van der Waals surface area (Å²) in [7, 11) is 0. The number of hydrogen-bond acceptors (Lipinski definition) is 5. The minimum absolute atomic E-state index is 0.413. The number of para-hydroxylation sites is 1. The van der Waals surface area contributed by atoms with Gasteiger partial charge in [0.1, 0.15) is 15.5 Å². The highest BCUT2D eigenvalue weighted by molar-refractivity contribution is 7.21. The first-order valence-corrected chi connectivity index (χ1v) is 8.94. The minimum Gasteiger partial charge on any atom is -0.422 e. The molecule has 0 aliphatic heterocycles. The van der Waals surface area contributed by atoms with Crippen LogP contribution < -0.4 is 10.5 Å². The third-order valence-electron chi connectivity index (χ3n) is 4.54. The summed E-state index contributed by atoms with van der Waals surface area (Å²) in [5.41, 5.74) is 10.5. The maximum Gasteiger partial charge on any atom is 0.355 e. The number of carbonyl (C=O) groups excluding carboxylic acids is 1. The molecule has 0 saturated carbocycles. The molecule has 2 aromatic heterocycles. The molecule has 122 valence electrons. The van der Waals surface area contributed by atoms with Gasteiger partial charge in [0, 0.05) is 11.1 Å². The number of hydrogen-bond donors (Lipinski definition) is 1. The SMILES string of the molecule is Cc1nc2sc(C(=O)Oc3ccccc3)c(N)c2c2c1CCCC2. The second-order valence-corrected chi connectivity index (χ2v) is 7.09. The quantitative estimate of drug-likeness (QED) is 0.559. The first kappa shape index (κ1) is 15.1. The molecular formula is C19H18N2O2S. The molecule has 0 radical (unpaired) electrons. The van der Waals surface area contributed by atoms with Gasteiger partial charge in [-0.2, -0.15) is 0 Å². The number of fused-ring (bicyclic) bond motifs is 3. The van der Waals surface area contributed by atoms with E-state index in [-0.39, 0.29) is 0 Å². The molecule has 1 aromatic carbocycles. The van der Waals surface area contributed by atoms with E-state index < -0.39 is 5.97 Å². The molecule has 24 heavy (non-hydrogen) atoms. The maximum atomic E-state index is 12.5. The summed E-state index contributed by atoms with van der Waals surface area (Å²) in [6, 6.07) is 9.05. The number of benzene rings is 1. The second kappa shape index (κ2) is 5.91. The van der Waals surface area contributed by atoms with Crippen LogP contribution in [-0.2, 0) is 12.8 Å². The summed E-state index contributed by atoms with van der Waals surface area (Å²) in [6.07, 6.45) is 4.39. The molecule has 0 unspecified atom stereocenters. The van der Waals surface area contributed by atoms with Crippen molar-refractivity contribution in [3.63, 3.8) is 0 Å². The lowest BCUT2D eigenvalue weighted by Crippen LogP contribution is -2.10. The van der Waals surface area contributed by atoms with Crippen LogP contribution in [-0.4, -0.2) is 11.0 Å². The minimum atomic E-state index is -0.413. The number of nitrogens with two attached hydrogens (primary N) is 1. The van der Waals surface area contributed by atoms with Crippen LogP contribution in [0.4, 0.5) is 5.69 Å². The number of pyridine rings is 1. The van der Waals surface area contributed by atoms with E-state index >= 15 is 0 Å². The average molecular weight is 338 g/mol. The van der Waals surface area contributed by atoms with Crippen LogP contribution in [0.25, 0.3) is 10.2 Å². The van der Waals surface area contributed by atoms with Crippen LogP contribution in [0.5, 0.6) is 5.75 Å². The van der Waals surface area contributed by atoms with Crippen molar-refractivity contribution in [2.24, 2.45) is 0 Å². The van der Waals surface area contributed by atoms with Crippen molar-refractivity contribution in [3.05, 3.63) is 52.0 Å². The predicted molar refractivity (Wildman–Crippen MR) is 96.8 cm³/mol. The van der Waals surface area contributed by atoms with Crippen LogP contribution in [0.2, 0.25) is 0 Å². The number of aryl methyl sites for hydroxylation is 2. The molecule has 3 aromatic rings. The summed E-state index contributed by atoms with van der Waals surface area (Å²) >= 11 is 1.33. The van der Waals surface area contributed by atoms with Gasteiger partial charge in [-0.05, 0) is 55.9 Å². The lowest BCUT2D eigenvalue weighted by Gasteiger charge is -2.18. The van der Waals surface area contributed by atoms with Gasteiger partial charge in [0.2, 0.25) is 0 Å². The highest BCUT2D eigenvalue weighted by atomic mass is 32.1. The third-order valence-corrected chi connectivity index (χ3v) is 5.62. The van der Waals surface area contributed by atoms with E-state index in [1.807, 2.05) is 25.1 Å². The zero-order chi connectivity index (χ0) is 16.7. The number of carbonyl (C=O) groups is 1. The van der Waals surface area contributed by atoms with Crippen LogP contribution >= 0.6 is 11.3 Å². The molecule has 1 aliphatic rings. The van der Waals surface area contributed by atoms with Gasteiger partial charge in [-0.3, -0.25) is 0 Å². The molecule has 2 N–H and O–H groups in total. The summed E-state index contributed by atoms with van der Waals surface area (Å²) in [5, 5.41) is 0.959. The van der Waals surface area contributed by atoms with E-state index in [0.29, 0.717) is 16.3 Å². The number of esters is 1. The largest absolute Gasteiger partial charge is 0.422 e. The zero-order valence-electron chi connectivity index (χ0n) is 13.5. The molecule has 0 atom stereocenters. The number of nitrogen functional groups attached to an aromatic ring is 1. The van der Waals surface area contributed by atoms with Gasteiger partial charge in [0.25, 0.3) is 0 Å². The summed E-state index contributed by atoms with van der Waals surface area (Å²) in [5.74, 6) is 0.106. The Hall–Kier alpha value is -2.40. The van der Waals surface area contributed by atoms with Crippen molar-refractivity contribution in [3.8, 4) is 5.75 Å². The van der Waals surface area contributed by atoms with Crippen LogP contribution in [0, 0.1) is 6.92 Å². The molecule has 0 amide bonds. The van der Waals surface area contributed by atoms with Gasteiger partial charge >= 0.3 is 5.97 Å². The Bertz CT molecular complexity index is 932. The third kappa shape index (κ3) is 2.45. The van der Waals surface area contributed by atoms with E-state index in [4.69, 9.17) is 15.5 Å². The van der Waals surface area contributed by atoms with E-state index in [9.17, 15) is 4.79 Å². The molecule has 0 saturated heterocycles. The smallest absolute Gasteiger partial charge is 0.355 e. The fourth-order valence-electron chi connectivity index (χ4n) is 3.40. The van der Waals surface area contributed by atoms with Crippen LogP contribution in [0.15, 0.2) is 30.3 Å². The van der Waals surface area contributed by atoms with Crippen molar-refractivity contribution in [1.29, 1.82) is 0 Å². The molecule has 2 heterocycles. The summed E-state index contributed by atoms with van der Waals surface area (Å²) in [6.45, 7) is 2.04. The number of anilines is 1. The first-order valence-electron chi connectivity index (χ1n) is 8.12. The number of nitrogens with zero attached hydrogens (tertiary/aromatic N) is 1. The lowest BCUT2D eigenvalue weighted by atomic mass is 9.89. The Morgan fingerprint density at radius 1 is 1.17 bits per heavy atom. The molecule has 5 heteroatoms. The highest BCUT2D eigenvalue weighted by Gasteiger charge is 2.25.